The largest absolute Gasteiger partial charge is 0.453 e. The van der Waals surface area contributed by atoms with E-state index in [1.807, 2.05) is 30.3 Å². The minimum absolute atomic E-state index is 0.152. The van der Waals surface area contributed by atoms with Gasteiger partial charge in [0.15, 0.2) is 5.76 Å². The summed E-state index contributed by atoms with van der Waals surface area (Å²) >= 11 is 0. The van der Waals surface area contributed by atoms with Crippen molar-refractivity contribution in [2.24, 2.45) is 5.92 Å². The van der Waals surface area contributed by atoms with Crippen LogP contribution in [0.25, 0.3) is 22.6 Å². The number of rotatable bonds is 2. The first kappa shape index (κ1) is 12.6. The summed E-state index contributed by atoms with van der Waals surface area (Å²) in [5, 5.41) is 8.54. The quantitative estimate of drug-likeness (QED) is 0.779. The molecule has 5 heteroatoms. The summed E-state index contributed by atoms with van der Waals surface area (Å²) in [5.41, 5.74) is 0.836. The van der Waals surface area contributed by atoms with Crippen LogP contribution in [-0.2, 0) is 0 Å². The van der Waals surface area contributed by atoms with Gasteiger partial charge in [-0.1, -0.05) is 30.3 Å². The molecule has 0 spiro atoms. The van der Waals surface area contributed by atoms with Crippen molar-refractivity contribution in [3.05, 3.63) is 36.2 Å². The fraction of sp³-hybridized carbons (Fsp3) is 0.375. The summed E-state index contributed by atoms with van der Waals surface area (Å²) in [6.45, 7) is 3.25. The SMILES string of the molecule is CC1CCNC(c2nc(-c3cc4ccccc4o3)no2)C1. The van der Waals surface area contributed by atoms with E-state index in [0.29, 0.717) is 23.4 Å². The second-order valence-electron chi connectivity index (χ2n) is 5.74. The molecule has 3 heterocycles. The number of nitrogens with one attached hydrogen (secondary N) is 1. The summed E-state index contributed by atoms with van der Waals surface area (Å²) in [4.78, 5) is 4.50. The second-order valence-corrected chi connectivity index (χ2v) is 5.74. The van der Waals surface area contributed by atoms with Crippen LogP contribution in [0.15, 0.2) is 39.3 Å². The van der Waals surface area contributed by atoms with E-state index in [0.717, 1.165) is 23.9 Å². The van der Waals surface area contributed by atoms with E-state index in [9.17, 15) is 0 Å². The number of fused-ring (bicyclic) bond motifs is 1. The Morgan fingerprint density at radius 1 is 1.29 bits per heavy atom. The van der Waals surface area contributed by atoms with Crippen molar-refractivity contribution in [1.82, 2.24) is 15.5 Å². The van der Waals surface area contributed by atoms with Crippen LogP contribution in [0.3, 0.4) is 0 Å². The third kappa shape index (κ3) is 2.34. The van der Waals surface area contributed by atoms with Crippen molar-refractivity contribution in [1.29, 1.82) is 0 Å². The maximum atomic E-state index is 5.77. The Morgan fingerprint density at radius 2 is 2.19 bits per heavy atom. The molecule has 4 rings (SSSR count). The Labute approximate surface area is 122 Å². The molecule has 1 aliphatic rings. The van der Waals surface area contributed by atoms with Crippen molar-refractivity contribution < 1.29 is 8.94 Å². The lowest BCUT2D eigenvalue weighted by molar-refractivity contribution is 0.260. The number of piperidine rings is 1. The summed E-state index contributed by atoms with van der Waals surface area (Å²) in [5.74, 6) is 2.49. The maximum Gasteiger partial charge on any atom is 0.244 e. The number of aromatic nitrogens is 2. The van der Waals surface area contributed by atoms with Gasteiger partial charge in [-0.25, -0.2) is 0 Å². The van der Waals surface area contributed by atoms with E-state index in [4.69, 9.17) is 8.94 Å². The molecule has 1 N–H and O–H groups in total. The molecule has 2 aromatic heterocycles. The van der Waals surface area contributed by atoms with Crippen molar-refractivity contribution in [2.45, 2.75) is 25.8 Å². The standard InChI is InChI=1S/C16H17N3O2/c1-10-6-7-17-12(8-10)16-18-15(19-21-16)14-9-11-4-2-3-5-13(11)20-14/h2-5,9-10,12,17H,6-8H2,1H3. The molecule has 0 radical (unpaired) electrons. The fourth-order valence-corrected chi connectivity index (χ4v) is 2.86. The Balaban J connectivity index is 1.64. The van der Waals surface area contributed by atoms with Crippen molar-refractivity contribution in [3.63, 3.8) is 0 Å². The van der Waals surface area contributed by atoms with Crippen molar-refractivity contribution in [3.8, 4) is 11.6 Å². The van der Waals surface area contributed by atoms with Gasteiger partial charge in [0.05, 0.1) is 6.04 Å². The molecule has 0 saturated carbocycles. The Kier molecular flexibility index (Phi) is 3.00. The van der Waals surface area contributed by atoms with E-state index in [1.54, 1.807) is 0 Å². The normalized spacial score (nSPS) is 22.7. The Bertz CT molecular complexity index is 729. The third-order valence-corrected chi connectivity index (χ3v) is 4.05. The number of para-hydroxylation sites is 1. The first-order valence-electron chi connectivity index (χ1n) is 7.35. The van der Waals surface area contributed by atoms with Crippen LogP contribution in [-0.4, -0.2) is 16.7 Å². The zero-order valence-electron chi connectivity index (χ0n) is 11.9. The molecule has 1 fully saturated rings. The average Bonchev–Trinajstić information content (AvgIpc) is 3.14. The minimum atomic E-state index is 0.152. The van der Waals surface area contributed by atoms with Gasteiger partial charge >= 0.3 is 0 Å². The molecule has 108 valence electrons. The topological polar surface area (TPSA) is 64.1 Å². The zero-order chi connectivity index (χ0) is 14.2. The highest BCUT2D eigenvalue weighted by molar-refractivity contribution is 5.81. The molecule has 0 bridgehead atoms. The molecule has 3 aromatic rings. The van der Waals surface area contributed by atoms with Gasteiger partial charge in [0.2, 0.25) is 11.7 Å². The van der Waals surface area contributed by atoms with Gasteiger partial charge in [-0.05, 0) is 37.4 Å². The molecular weight excluding hydrogens is 266 g/mol. The highest BCUT2D eigenvalue weighted by Gasteiger charge is 2.25. The highest BCUT2D eigenvalue weighted by atomic mass is 16.5. The van der Waals surface area contributed by atoms with E-state index < -0.39 is 0 Å². The number of hydrogen-bond donors (Lipinski definition) is 1. The summed E-state index contributed by atoms with van der Waals surface area (Å²) < 4.78 is 11.2. The molecule has 1 aromatic carbocycles. The fourth-order valence-electron chi connectivity index (χ4n) is 2.86. The minimum Gasteiger partial charge on any atom is -0.453 e. The lowest BCUT2D eigenvalue weighted by Crippen LogP contribution is -2.30. The van der Waals surface area contributed by atoms with Crippen LogP contribution in [0.2, 0.25) is 0 Å². The smallest absolute Gasteiger partial charge is 0.244 e. The van der Waals surface area contributed by atoms with Gasteiger partial charge in [-0.3, -0.25) is 0 Å². The van der Waals surface area contributed by atoms with E-state index >= 15 is 0 Å². The predicted octanol–water partition coefficient (Wildman–Crippen LogP) is 3.54. The summed E-state index contributed by atoms with van der Waals surface area (Å²) in [7, 11) is 0. The molecule has 2 atom stereocenters. The lowest BCUT2D eigenvalue weighted by atomic mass is 9.94. The van der Waals surface area contributed by atoms with E-state index in [-0.39, 0.29) is 6.04 Å². The van der Waals surface area contributed by atoms with Crippen LogP contribution in [0.1, 0.15) is 31.7 Å². The molecule has 5 nitrogen and oxygen atoms in total. The third-order valence-electron chi connectivity index (χ3n) is 4.05. The van der Waals surface area contributed by atoms with Gasteiger partial charge < -0.3 is 14.3 Å². The van der Waals surface area contributed by atoms with Crippen molar-refractivity contribution >= 4 is 11.0 Å². The average molecular weight is 283 g/mol. The number of nitrogens with zero attached hydrogens (tertiary/aromatic N) is 2. The molecule has 1 aliphatic heterocycles. The molecule has 0 amide bonds. The van der Waals surface area contributed by atoms with Gasteiger partial charge in [-0.2, -0.15) is 4.98 Å². The monoisotopic (exact) mass is 283 g/mol. The van der Waals surface area contributed by atoms with Crippen molar-refractivity contribution in [2.75, 3.05) is 6.54 Å². The summed E-state index contributed by atoms with van der Waals surface area (Å²) in [6, 6.07) is 9.97. The van der Waals surface area contributed by atoms with E-state index in [2.05, 4.69) is 22.4 Å². The van der Waals surface area contributed by atoms with Crippen LogP contribution in [0, 0.1) is 5.92 Å². The Hall–Kier alpha value is -2.14. The van der Waals surface area contributed by atoms with Crippen LogP contribution in [0.5, 0.6) is 0 Å². The van der Waals surface area contributed by atoms with Crippen LogP contribution >= 0.6 is 0 Å². The van der Waals surface area contributed by atoms with Gasteiger partial charge in [0, 0.05) is 5.39 Å². The second kappa shape index (κ2) is 5.00. The van der Waals surface area contributed by atoms with Crippen LogP contribution < -0.4 is 5.32 Å². The predicted molar refractivity (Wildman–Crippen MR) is 78.6 cm³/mol. The van der Waals surface area contributed by atoms with Gasteiger partial charge in [-0.15, -0.1) is 0 Å². The highest BCUT2D eigenvalue weighted by Crippen LogP contribution is 2.29. The van der Waals surface area contributed by atoms with E-state index in [1.165, 1.54) is 6.42 Å². The zero-order valence-corrected chi connectivity index (χ0v) is 11.9. The number of benzene rings is 1. The molecule has 21 heavy (non-hydrogen) atoms. The lowest BCUT2D eigenvalue weighted by Gasteiger charge is -2.25. The summed E-state index contributed by atoms with van der Waals surface area (Å²) in [6.07, 6.45) is 2.23. The first-order valence-corrected chi connectivity index (χ1v) is 7.35. The molecular formula is C16H17N3O2. The molecule has 1 saturated heterocycles. The van der Waals surface area contributed by atoms with Gasteiger partial charge in [0.25, 0.3) is 0 Å². The molecule has 2 unspecified atom stereocenters. The maximum absolute atomic E-state index is 5.77. The molecule has 0 aliphatic carbocycles. The number of furan rings is 1. The first-order chi connectivity index (χ1) is 10.3. The Morgan fingerprint density at radius 3 is 3.05 bits per heavy atom. The van der Waals surface area contributed by atoms with Gasteiger partial charge in [0.1, 0.15) is 5.58 Å². The van der Waals surface area contributed by atoms with Crippen LogP contribution in [0.4, 0.5) is 0 Å². The number of hydrogen-bond acceptors (Lipinski definition) is 5.